The van der Waals surface area contributed by atoms with Crippen LogP contribution in [0.15, 0.2) is 18.3 Å². The van der Waals surface area contributed by atoms with Crippen molar-refractivity contribution in [2.45, 2.75) is 52.6 Å². The van der Waals surface area contributed by atoms with Crippen molar-refractivity contribution in [3.63, 3.8) is 0 Å². The van der Waals surface area contributed by atoms with Crippen LogP contribution in [0.1, 0.15) is 37.9 Å². The summed E-state index contributed by atoms with van der Waals surface area (Å²) < 4.78 is 7.58. The lowest BCUT2D eigenvalue weighted by Crippen LogP contribution is -2.42. The Labute approximate surface area is 196 Å². The van der Waals surface area contributed by atoms with E-state index in [2.05, 4.69) is 41.1 Å². The molecular formula is C24H36N8O. The van der Waals surface area contributed by atoms with Gasteiger partial charge in [0.2, 0.25) is 5.95 Å². The summed E-state index contributed by atoms with van der Waals surface area (Å²) >= 11 is 0. The molecule has 0 unspecified atom stereocenters. The van der Waals surface area contributed by atoms with Crippen molar-refractivity contribution in [1.29, 1.82) is 0 Å². The van der Waals surface area contributed by atoms with Crippen molar-refractivity contribution >= 4 is 28.6 Å². The highest BCUT2D eigenvalue weighted by atomic mass is 16.5. The molecule has 4 rings (SSSR count). The van der Waals surface area contributed by atoms with E-state index in [-0.39, 0.29) is 0 Å². The molecule has 0 atom stereocenters. The first-order chi connectivity index (χ1) is 16.0. The van der Waals surface area contributed by atoms with Crippen LogP contribution < -0.4 is 10.2 Å². The number of fused-ring (bicyclic) bond motifs is 1. The monoisotopic (exact) mass is 452 g/mol. The Balaban J connectivity index is 1.76. The van der Waals surface area contributed by atoms with Crippen molar-refractivity contribution in [2.75, 3.05) is 50.6 Å². The van der Waals surface area contributed by atoms with Crippen molar-refractivity contribution in [3.05, 3.63) is 29.6 Å². The van der Waals surface area contributed by atoms with Crippen LogP contribution in [0.4, 0.5) is 17.6 Å². The number of nitrogens with one attached hydrogen (secondary N) is 1. The number of likely N-dealkylation sites (tertiary alicyclic amines) is 1. The van der Waals surface area contributed by atoms with E-state index < -0.39 is 0 Å². The van der Waals surface area contributed by atoms with E-state index in [1.165, 1.54) is 0 Å². The molecular weight excluding hydrogens is 416 g/mol. The fourth-order valence-electron chi connectivity index (χ4n) is 4.28. The van der Waals surface area contributed by atoms with Crippen LogP contribution >= 0.6 is 0 Å². The van der Waals surface area contributed by atoms with Crippen LogP contribution in [0, 0.1) is 6.92 Å². The number of piperidine rings is 1. The quantitative estimate of drug-likeness (QED) is 0.495. The van der Waals surface area contributed by atoms with Gasteiger partial charge < -0.3 is 19.9 Å². The minimum Gasteiger partial charge on any atom is -0.380 e. The molecule has 3 aromatic heterocycles. The number of anilines is 3. The Morgan fingerprint density at radius 3 is 2.64 bits per heavy atom. The zero-order valence-electron chi connectivity index (χ0n) is 20.5. The van der Waals surface area contributed by atoms with Gasteiger partial charge in [-0.1, -0.05) is 13.0 Å². The number of aromatic nitrogens is 5. The lowest BCUT2D eigenvalue weighted by atomic mass is 10.0. The first kappa shape index (κ1) is 23.4. The Morgan fingerprint density at radius 1 is 1.18 bits per heavy atom. The standard InChI is InChI=1S/C24H36N8O/c1-6-19-21-22(32(29-19)14-15-33-7-2)23(26-20-9-8-17(3)16-25-20)28-24(27-21)31(5)18-10-12-30(4)13-11-18/h8-9,16,18H,6-7,10-15H2,1-5H3,(H,25,26,27,28). The normalized spacial score (nSPS) is 15.3. The van der Waals surface area contributed by atoms with Crippen LogP contribution in [0.5, 0.6) is 0 Å². The maximum atomic E-state index is 5.60. The van der Waals surface area contributed by atoms with E-state index in [1.807, 2.05) is 36.9 Å². The van der Waals surface area contributed by atoms with Gasteiger partial charge in [-0.2, -0.15) is 10.1 Å². The largest absolute Gasteiger partial charge is 0.380 e. The summed E-state index contributed by atoms with van der Waals surface area (Å²) in [6.07, 6.45) is 4.86. The molecule has 33 heavy (non-hydrogen) atoms. The Kier molecular flexibility index (Phi) is 7.39. The molecule has 1 N–H and O–H groups in total. The van der Waals surface area contributed by atoms with Gasteiger partial charge in [0.15, 0.2) is 5.82 Å². The Hall–Kier alpha value is -2.78. The van der Waals surface area contributed by atoms with Crippen molar-refractivity contribution in [1.82, 2.24) is 29.6 Å². The van der Waals surface area contributed by atoms with Gasteiger partial charge in [-0.05, 0) is 64.9 Å². The second kappa shape index (κ2) is 10.4. The molecule has 1 fully saturated rings. The molecule has 9 nitrogen and oxygen atoms in total. The number of hydrogen-bond donors (Lipinski definition) is 1. The number of hydrogen-bond acceptors (Lipinski definition) is 8. The Morgan fingerprint density at radius 2 is 1.97 bits per heavy atom. The Bertz CT molecular complexity index is 1060. The molecule has 4 heterocycles. The highest BCUT2D eigenvalue weighted by molar-refractivity contribution is 5.90. The number of pyridine rings is 1. The molecule has 1 aliphatic rings. The van der Waals surface area contributed by atoms with Gasteiger partial charge in [0.1, 0.15) is 16.9 Å². The van der Waals surface area contributed by atoms with Gasteiger partial charge in [0.25, 0.3) is 0 Å². The lowest BCUT2D eigenvalue weighted by molar-refractivity contribution is 0.137. The van der Waals surface area contributed by atoms with Crippen LogP contribution in [-0.4, -0.2) is 76.1 Å². The molecule has 0 aromatic carbocycles. The zero-order chi connectivity index (χ0) is 23.4. The minimum absolute atomic E-state index is 0.419. The van der Waals surface area contributed by atoms with E-state index in [0.29, 0.717) is 25.8 Å². The third-order valence-corrected chi connectivity index (χ3v) is 6.34. The van der Waals surface area contributed by atoms with E-state index in [9.17, 15) is 0 Å². The van der Waals surface area contributed by atoms with Crippen LogP contribution in [0.3, 0.4) is 0 Å². The summed E-state index contributed by atoms with van der Waals surface area (Å²) in [5.74, 6) is 2.21. The maximum Gasteiger partial charge on any atom is 0.228 e. The predicted octanol–water partition coefficient (Wildman–Crippen LogP) is 3.40. The second-order valence-electron chi connectivity index (χ2n) is 8.78. The second-order valence-corrected chi connectivity index (χ2v) is 8.78. The van der Waals surface area contributed by atoms with Gasteiger partial charge in [-0.15, -0.1) is 0 Å². The highest BCUT2D eigenvalue weighted by Crippen LogP contribution is 2.30. The average molecular weight is 453 g/mol. The van der Waals surface area contributed by atoms with Gasteiger partial charge in [0, 0.05) is 25.9 Å². The number of rotatable bonds is 9. The fraction of sp³-hybridized carbons (Fsp3) is 0.583. The van der Waals surface area contributed by atoms with Crippen LogP contribution in [-0.2, 0) is 17.7 Å². The minimum atomic E-state index is 0.419. The summed E-state index contributed by atoms with van der Waals surface area (Å²) in [5, 5.41) is 8.32. The molecule has 0 radical (unpaired) electrons. The topological polar surface area (TPSA) is 84.2 Å². The molecule has 0 bridgehead atoms. The molecule has 0 amide bonds. The SMILES string of the molecule is CCOCCn1nc(CC)c2nc(N(C)C3CCN(C)CC3)nc(Nc3ccc(C)cn3)c21. The van der Waals surface area contributed by atoms with E-state index in [4.69, 9.17) is 19.8 Å². The molecule has 0 spiro atoms. The molecule has 178 valence electrons. The number of aryl methyl sites for hydroxylation is 2. The first-order valence-corrected chi connectivity index (χ1v) is 12.0. The number of nitrogens with zero attached hydrogens (tertiary/aromatic N) is 7. The summed E-state index contributed by atoms with van der Waals surface area (Å²) in [7, 11) is 4.29. The molecule has 0 aliphatic carbocycles. The summed E-state index contributed by atoms with van der Waals surface area (Å²) in [5.41, 5.74) is 3.88. The van der Waals surface area contributed by atoms with Gasteiger partial charge in [0.05, 0.1) is 18.8 Å². The highest BCUT2D eigenvalue weighted by Gasteiger charge is 2.25. The van der Waals surface area contributed by atoms with Crippen LogP contribution in [0.2, 0.25) is 0 Å². The molecule has 9 heteroatoms. The van der Waals surface area contributed by atoms with Crippen molar-refractivity contribution < 1.29 is 4.74 Å². The van der Waals surface area contributed by atoms with Crippen LogP contribution in [0.25, 0.3) is 11.0 Å². The third-order valence-electron chi connectivity index (χ3n) is 6.34. The van der Waals surface area contributed by atoms with Crippen molar-refractivity contribution in [2.24, 2.45) is 0 Å². The lowest BCUT2D eigenvalue weighted by Gasteiger charge is -2.35. The van der Waals surface area contributed by atoms with Crippen molar-refractivity contribution in [3.8, 4) is 0 Å². The summed E-state index contributed by atoms with van der Waals surface area (Å²) in [6, 6.07) is 4.44. The van der Waals surface area contributed by atoms with Gasteiger partial charge >= 0.3 is 0 Å². The molecule has 1 saturated heterocycles. The van der Waals surface area contributed by atoms with E-state index in [0.717, 1.165) is 72.2 Å². The number of ether oxygens (including phenoxy) is 1. The molecule has 1 aliphatic heterocycles. The average Bonchev–Trinajstić information content (AvgIpc) is 3.18. The third kappa shape index (κ3) is 5.25. The smallest absolute Gasteiger partial charge is 0.228 e. The predicted molar refractivity (Wildman–Crippen MR) is 132 cm³/mol. The summed E-state index contributed by atoms with van der Waals surface area (Å²) in [6.45, 7) is 10.2. The van der Waals surface area contributed by atoms with Gasteiger partial charge in [-0.3, -0.25) is 4.68 Å². The molecule has 0 saturated carbocycles. The molecule has 3 aromatic rings. The zero-order valence-corrected chi connectivity index (χ0v) is 20.5. The van der Waals surface area contributed by atoms with E-state index in [1.54, 1.807) is 0 Å². The first-order valence-electron chi connectivity index (χ1n) is 12.0. The summed E-state index contributed by atoms with van der Waals surface area (Å²) in [4.78, 5) is 19.2. The fourth-order valence-corrected chi connectivity index (χ4v) is 4.28. The van der Waals surface area contributed by atoms with E-state index >= 15 is 0 Å². The van der Waals surface area contributed by atoms with Gasteiger partial charge in [-0.25, -0.2) is 9.97 Å². The maximum absolute atomic E-state index is 5.60.